The van der Waals surface area contributed by atoms with E-state index < -0.39 is 0 Å². The van der Waals surface area contributed by atoms with Crippen LogP contribution in [-0.4, -0.2) is 4.98 Å². The highest BCUT2D eigenvalue weighted by Gasteiger charge is 2.13. The maximum absolute atomic E-state index is 13.6. The number of furan rings is 1. The molecule has 0 amide bonds. The fourth-order valence-corrected chi connectivity index (χ4v) is 3.54. The van der Waals surface area contributed by atoms with Gasteiger partial charge in [0.2, 0.25) is 0 Å². The molecule has 5 aromatic rings. The number of aromatic nitrogens is 1. The van der Waals surface area contributed by atoms with E-state index in [0.717, 1.165) is 33.9 Å². The number of hydrogen-bond acceptors (Lipinski definition) is 2. The molecule has 0 aliphatic carbocycles. The molecule has 0 spiro atoms. The molecule has 3 heteroatoms. The standard InChI is InChI=1S/C24H16FNO/c25-18-11-12-26-22(15-18)20-8-4-7-19-21-14-17(9-10-23(21)27-24(19)20)13-16-5-2-1-3-6-16/h1-12,14-15H,13H2. The van der Waals surface area contributed by atoms with E-state index in [2.05, 4.69) is 41.4 Å². The Kier molecular flexibility index (Phi) is 3.72. The van der Waals surface area contributed by atoms with Gasteiger partial charge in [0.15, 0.2) is 0 Å². The molecule has 0 unspecified atom stereocenters. The molecule has 2 heterocycles. The molecule has 0 aliphatic heterocycles. The molecule has 2 nitrogen and oxygen atoms in total. The van der Waals surface area contributed by atoms with E-state index in [0.29, 0.717) is 5.69 Å². The number of hydrogen-bond donors (Lipinski definition) is 0. The summed E-state index contributed by atoms with van der Waals surface area (Å²) >= 11 is 0. The Bertz CT molecular complexity index is 1260. The van der Waals surface area contributed by atoms with Gasteiger partial charge in [0.05, 0.1) is 5.69 Å². The maximum Gasteiger partial charge on any atom is 0.144 e. The zero-order chi connectivity index (χ0) is 18.2. The molecule has 2 aromatic heterocycles. The zero-order valence-corrected chi connectivity index (χ0v) is 14.5. The lowest BCUT2D eigenvalue weighted by Crippen LogP contribution is -1.87. The second kappa shape index (κ2) is 6.36. The molecular formula is C24H16FNO. The molecule has 0 N–H and O–H groups in total. The van der Waals surface area contributed by atoms with E-state index >= 15 is 0 Å². The molecule has 130 valence electrons. The first-order valence-electron chi connectivity index (χ1n) is 8.88. The smallest absolute Gasteiger partial charge is 0.144 e. The number of para-hydroxylation sites is 1. The van der Waals surface area contributed by atoms with Crippen molar-refractivity contribution in [1.29, 1.82) is 0 Å². The number of fused-ring (bicyclic) bond motifs is 3. The van der Waals surface area contributed by atoms with E-state index in [1.807, 2.05) is 30.3 Å². The molecule has 0 saturated heterocycles. The third-order valence-corrected chi connectivity index (χ3v) is 4.81. The first-order valence-corrected chi connectivity index (χ1v) is 8.88. The van der Waals surface area contributed by atoms with Crippen LogP contribution in [0, 0.1) is 5.82 Å². The topological polar surface area (TPSA) is 26.0 Å². The van der Waals surface area contributed by atoms with E-state index in [1.165, 1.54) is 29.5 Å². The van der Waals surface area contributed by atoms with Gasteiger partial charge in [-0.25, -0.2) is 4.39 Å². The van der Waals surface area contributed by atoms with Crippen LogP contribution in [0.2, 0.25) is 0 Å². The van der Waals surface area contributed by atoms with Crippen LogP contribution < -0.4 is 0 Å². The van der Waals surface area contributed by atoms with Crippen LogP contribution in [0.5, 0.6) is 0 Å². The molecule has 0 aliphatic rings. The van der Waals surface area contributed by atoms with E-state index in [4.69, 9.17) is 4.42 Å². The summed E-state index contributed by atoms with van der Waals surface area (Å²) in [5.74, 6) is -0.307. The summed E-state index contributed by atoms with van der Waals surface area (Å²) in [5, 5.41) is 2.08. The van der Waals surface area contributed by atoms with Crippen molar-refractivity contribution in [2.45, 2.75) is 6.42 Å². The molecule has 0 radical (unpaired) electrons. The third-order valence-electron chi connectivity index (χ3n) is 4.81. The van der Waals surface area contributed by atoms with Crippen molar-refractivity contribution in [3.05, 3.63) is 102 Å². The van der Waals surface area contributed by atoms with Crippen molar-refractivity contribution in [1.82, 2.24) is 4.98 Å². The molecule has 5 rings (SSSR count). The van der Waals surface area contributed by atoms with Crippen molar-refractivity contribution in [3.63, 3.8) is 0 Å². The zero-order valence-electron chi connectivity index (χ0n) is 14.5. The molecule has 0 bridgehead atoms. The minimum absolute atomic E-state index is 0.307. The van der Waals surface area contributed by atoms with Crippen LogP contribution in [-0.2, 0) is 6.42 Å². The van der Waals surface area contributed by atoms with E-state index in [9.17, 15) is 4.39 Å². The summed E-state index contributed by atoms with van der Waals surface area (Å²) in [7, 11) is 0. The Morgan fingerprint density at radius 2 is 1.67 bits per heavy atom. The second-order valence-corrected chi connectivity index (χ2v) is 6.64. The van der Waals surface area contributed by atoms with Crippen LogP contribution in [0.3, 0.4) is 0 Å². The van der Waals surface area contributed by atoms with Gasteiger partial charge in [-0.05, 0) is 41.8 Å². The molecular weight excluding hydrogens is 337 g/mol. The van der Waals surface area contributed by atoms with Crippen molar-refractivity contribution >= 4 is 21.9 Å². The monoisotopic (exact) mass is 353 g/mol. The van der Waals surface area contributed by atoms with Crippen LogP contribution in [0.4, 0.5) is 4.39 Å². The minimum Gasteiger partial charge on any atom is -0.455 e. The van der Waals surface area contributed by atoms with Crippen molar-refractivity contribution < 1.29 is 8.81 Å². The quantitative estimate of drug-likeness (QED) is 0.376. The SMILES string of the molecule is Fc1ccnc(-c2cccc3c2oc2ccc(Cc4ccccc4)cc23)c1. The largest absolute Gasteiger partial charge is 0.455 e. The molecule has 0 fully saturated rings. The summed E-state index contributed by atoms with van der Waals surface area (Å²) in [4.78, 5) is 4.30. The van der Waals surface area contributed by atoms with Gasteiger partial charge in [-0.3, -0.25) is 4.98 Å². The highest BCUT2D eigenvalue weighted by atomic mass is 19.1. The van der Waals surface area contributed by atoms with Gasteiger partial charge in [-0.2, -0.15) is 0 Å². The number of nitrogens with zero attached hydrogens (tertiary/aromatic N) is 1. The van der Waals surface area contributed by atoms with E-state index in [1.54, 1.807) is 0 Å². The predicted octanol–water partition coefficient (Wildman–Crippen LogP) is 6.38. The van der Waals surface area contributed by atoms with Gasteiger partial charge in [-0.1, -0.05) is 48.5 Å². The van der Waals surface area contributed by atoms with Crippen LogP contribution in [0.15, 0.2) is 89.5 Å². The van der Waals surface area contributed by atoms with Gasteiger partial charge in [0.25, 0.3) is 0 Å². The van der Waals surface area contributed by atoms with Gasteiger partial charge >= 0.3 is 0 Å². The Hall–Kier alpha value is -3.46. The third kappa shape index (κ3) is 2.87. The number of benzene rings is 3. The lowest BCUT2D eigenvalue weighted by molar-refractivity contribution is 0.626. The normalized spacial score (nSPS) is 11.3. The maximum atomic E-state index is 13.6. The summed E-state index contributed by atoms with van der Waals surface area (Å²) in [6, 6.07) is 25.4. The number of halogens is 1. The van der Waals surface area contributed by atoms with Gasteiger partial charge < -0.3 is 4.42 Å². The summed E-state index contributed by atoms with van der Waals surface area (Å²) in [6.45, 7) is 0. The molecule has 0 saturated carbocycles. The van der Waals surface area contributed by atoms with Crippen LogP contribution >= 0.6 is 0 Å². The Balaban J connectivity index is 1.66. The lowest BCUT2D eigenvalue weighted by atomic mass is 10.0. The molecule has 0 atom stereocenters. The minimum atomic E-state index is -0.307. The number of pyridine rings is 1. The number of rotatable bonds is 3. The predicted molar refractivity (Wildman–Crippen MR) is 106 cm³/mol. The van der Waals surface area contributed by atoms with Crippen molar-refractivity contribution in [2.24, 2.45) is 0 Å². The Morgan fingerprint density at radius 1 is 0.778 bits per heavy atom. The summed E-state index contributed by atoms with van der Waals surface area (Å²) < 4.78 is 19.8. The van der Waals surface area contributed by atoms with Gasteiger partial charge in [0.1, 0.15) is 17.0 Å². The Labute approximate surface area is 155 Å². The highest BCUT2D eigenvalue weighted by molar-refractivity contribution is 6.09. The fourth-order valence-electron chi connectivity index (χ4n) is 3.54. The first-order chi connectivity index (χ1) is 13.3. The van der Waals surface area contributed by atoms with Gasteiger partial charge in [0, 0.05) is 28.6 Å². The van der Waals surface area contributed by atoms with Crippen LogP contribution in [0.25, 0.3) is 33.2 Å². The van der Waals surface area contributed by atoms with Crippen molar-refractivity contribution in [3.8, 4) is 11.3 Å². The second-order valence-electron chi connectivity index (χ2n) is 6.64. The van der Waals surface area contributed by atoms with Crippen molar-refractivity contribution in [2.75, 3.05) is 0 Å². The molecule has 27 heavy (non-hydrogen) atoms. The lowest BCUT2D eigenvalue weighted by Gasteiger charge is -2.02. The van der Waals surface area contributed by atoms with Crippen LogP contribution in [0.1, 0.15) is 11.1 Å². The Morgan fingerprint density at radius 3 is 2.52 bits per heavy atom. The summed E-state index contributed by atoms with van der Waals surface area (Å²) in [6.07, 6.45) is 2.35. The van der Waals surface area contributed by atoms with Gasteiger partial charge in [-0.15, -0.1) is 0 Å². The first kappa shape index (κ1) is 15.8. The fraction of sp³-hybridized carbons (Fsp3) is 0.0417. The molecule has 3 aromatic carbocycles. The average Bonchev–Trinajstić information content (AvgIpc) is 3.07. The average molecular weight is 353 g/mol. The summed E-state index contributed by atoms with van der Waals surface area (Å²) in [5.41, 5.74) is 5.44. The highest BCUT2D eigenvalue weighted by Crippen LogP contribution is 2.35. The van der Waals surface area contributed by atoms with E-state index in [-0.39, 0.29) is 5.82 Å².